The third-order valence-corrected chi connectivity index (χ3v) is 4.67. The standard InChI is InChI=1S/C17H27Cl2N/c1-12(2)10-20-11-17(5,13(3)4)9-14-6-7-15(18)8-16(14)19/h6-8,12-13,20H,9-11H2,1-5H3. The summed E-state index contributed by atoms with van der Waals surface area (Å²) >= 11 is 12.3. The molecule has 1 N–H and O–H groups in total. The maximum absolute atomic E-state index is 6.32. The van der Waals surface area contributed by atoms with Gasteiger partial charge in [0.05, 0.1) is 0 Å². The lowest BCUT2D eigenvalue weighted by Crippen LogP contribution is -2.39. The molecule has 3 heteroatoms. The van der Waals surface area contributed by atoms with E-state index >= 15 is 0 Å². The molecule has 0 saturated heterocycles. The lowest BCUT2D eigenvalue weighted by Gasteiger charge is -2.35. The molecule has 20 heavy (non-hydrogen) atoms. The smallest absolute Gasteiger partial charge is 0.0453 e. The monoisotopic (exact) mass is 315 g/mol. The summed E-state index contributed by atoms with van der Waals surface area (Å²) in [6.07, 6.45) is 0.964. The van der Waals surface area contributed by atoms with Crippen molar-refractivity contribution in [3.05, 3.63) is 33.8 Å². The Morgan fingerprint density at radius 1 is 1.15 bits per heavy atom. The zero-order chi connectivity index (χ0) is 15.3. The molecule has 0 spiro atoms. The Morgan fingerprint density at radius 2 is 1.80 bits per heavy atom. The highest BCUT2D eigenvalue weighted by Crippen LogP contribution is 2.34. The van der Waals surface area contributed by atoms with E-state index in [4.69, 9.17) is 23.2 Å². The summed E-state index contributed by atoms with van der Waals surface area (Å²) in [6, 6.07) is 5.81. The van der Waals surface area contributed by atoms with Crippen LogP contribution >= 0.6 is 23.2 Å². The second kappa shape index (κ2) is 7.68. The van der Waals surface area contributed by atoms with Crippen molar-refractivity contribution in [2.24, 2.45) is 17.3 Å². The number of rotatable bonds is 7. The van der Waals surface area contributed by atoms with Crippen LogP contribution in [0.5, 0.6) is 0 Å². The summed E-state index contributed by atoms with van der Waals surface area (Å²) in [7, 11) is 0. The van der Waals surface area contributed by atoms with Crippen LogP contribution in [-0.4, -0.2) is 13.1 Å². The van der Waals surface area contributed by atoms with Gasteiger partial charge < -0.3 is 5.32 Å². The normalized spacial score (nSPS) is 14.8. The molecule has 0 bridgehead atoms. The fourth-order valence-electron chi connectivity index (χ4n) is 2.22. The first kappa shape index (κ1) is 17.8. The Morgan fingerprint density at radius 3 is 2.30 bits per heavy atom. The maximum Gasteiger partial charge on any atom is 0.0453 e. The van der Waals surface area contributed by atoms with Crippen molar-refractivity contribution < 1.29 is 0 Å². The van der Waals surface area contributed by atoms with E-state index < -0.39 is 0 Å². The van der Waals surface area contributed by atoms with Gasteiger partial charge in [-0.2, -0.15) is 0 Å². The number of benzene rings is 1. The highest BCUT2D eigenvalue weighted by Gasteiger charge is 2.29. The molecule has 0 aliphatic carbocycles. The summed E-state index contributed by atoms with van der Waals surface area (Å²) in [5.41, 5.74) is 1.37. The lowest BCUT2D eigenvalue weighted by molar-refractivity contribution is 0.205. The van der Waals surface area contributed by atoms with Crippen molar-refractivity contribution in [1.82, 2.24) is 5.32 Å². The van der Waals surface area contributed by atoms with E-state index in [1.807, 2.05) is 18.2 Å². The number of hydrogen-bond acceptors (Lipinski definition) is 1. The average molecular weight is 316 g/mol. The topological polar surface area (TPSA) is 12.0 Å². The first-order valence-electron chi connectivity index (χ1n) is 7.39. The van der Waals surface area contributed by atoms with Gasteiger partial charge in [-0.25, -0.2) is 0 Å². The first-order valence-corrected chi connectivity index (χ1v) is 8.15. The molecule has 1 aromatic carbocycles. The van der Waals surface area contributed by atoms with Crippen LogP contribution in [0.2, 0.25) is 10.0 Å². The summed E-state index contributed by atoms with van der Waals surface area (Å²) in [6.45, 7) is 13.4. The van der Waals surface area contributed by atoms with Gasteiger partial charge in [0.1, 0.15) is 0 Å². The quantitative estimate of drug-likeness (QED) is 0.706. The molecule has 1 aromatic rings. The molecule has 0 heterocycles. The minimum absolute atomic E-state index is 0.187. The zero-order valence-electron chi connectivity index (χ0n) is 13.3. The molecular weight excluding hydrogens is 289 g/mol. The Labute approximate surface area is 134 Å². The van der Waals surface area contributed by atoms with Gasteiger partial charge in [0, 0.05) is 16.6 Å². The minimum atomic E-state index is 0.187. The summed E-state index contributed by atoms with van der Waals surface area (Å²) in [5, 5.41) is 5.06. The van der Waals surface area contributed by atoms with E-state index in [1.165, 1.54) is 5.56 Å². The van der Waals surface area contributed by atoms with Gasteiger partial charge in [-0.15, -0.1) is 0 Å². The summed E-state index contributed by atoms with van der Waals surface area (Å²) < 4.78 is 0. The predicted molar refractivity (Wildman–Crippen MR) is 90.8 cm³/mol. The van der Waals surface area contributed by atoms with E-state index in [0.29, 0.717) is 16.9 Å². The molecule has 1 unspecified atom stereocenters. The Hall–Kier alpha value is -0.240. The van der Waals surface area contributed by atoms with Gasteiger partial charge >= 0.3 is 0 Å². The van der Waals surface area contributed by atoms with Gasteiger partial charge in [0.25, 0.3) is 0 Å². The van der Waals surface area contributed by atoms with Crippen LogP contribution < -0.4 is 5.32 Å². The molecule has 0 aliphatic rings. The molecule has 1 atom stereocenters. The zero-order valence-corrected chi connectivity index (χ0v) is 14.8. The molecule has 1 rings (SSSR count). The Balaban J connectivity index is 2.80. The Bertz CT molecular complexity index is 429. The van der Waals surface area contributed by atoms with Gasteiger partial charge in [-0.05, 0) is 47.9 Å². The maximum atomic E-state index is 6.32. The highest BCUT2D eigenvalue weighted by atomic mass is 35.5. The second-order valence-corrected chi connectivity index (χ2v) is 7.59. The number of nitrogens with one attached hydrogen (secondary N) is 1. The lowest BCUT2D eigenvalue weighted by atomic mass is 9.74. The van der Waals surface area contributed by atoms with Crippen LogP contribution in [0, 0.1) is 17.3 Å². The SMILES string of the molecule is CC(C)CNCC(C)(Cc1ccc(Cl)cc1Cl)C(C)C. The van der Waals surface area contributed by atoms with E-state index in [1.54, 1.807) is 0 Å². The summed E-state index contributed by atoms with van der Waals surface area (Å²) in [4.78, 5) is 0. The van der Waals surface area contributed by atoms with E-state index in [9.17, 15) is 0 Å². The number of hydrogen-bond donors (Lipinski definition) is 1. The predicted octanol–water partition coefficient (Wildman–Crippen LogP) is 5.44. The van der Waals surface area contributed by atoms with Crippen molar-refractivity contribution in [3.8, 4) is 0 Å². The van der Waals surface area contributed by atoms with Gasteiger partial charge in [0.2, 0.25) is 0 Å². The molecule has 0 fully saturated rings. The van der Waals surface area contributed by atoms with Crippen molar-refractivity contribution >= 4 is 23.2 Å². The van der Waals surface area contributed by atoms with Crippen molar-refractivity contribution in [2.75, 3.05) is 13.1 Å². The van der Waals surface area contributed by atoms with Crippen LogP contribution in [-0.2, 0) is 6.42 Å². The third kappa shape index (κ3) is 5.27. The van der Waals surface area contributed by atoms with Gasteiger partial charge in [0.15, 0.2) is 0 Å². The molecular formula is C17H27Cl2N. The molecule has 0 amide bonds. The van der Waals surface area contributed by atoms with Crippen LogP contribution in [0.4, 0.5) is 0 Å². The third-order valence-electron chi connectivity index (χ3n) is 4.08. The highest BCUT2D eigenvalue weighted by molar-refractivity contribution is 6.35. The van der Waals surface area contributed by atoms with E-state index in [0.717, 1.165) is 24.5 Å². The van der Waals surface area contributed by atoms with Crippen molar-refractivity contribution in [1.29, 1.82) is 0 Å². The second-order valence-electron chi connectivity index (χ2n) is 6.75. The molecule has 114 valence electrons. The van der Waals surface area contributed by atoms with Crippen molar-refractivity contribution in [3.63, 3.8) is 0 Å². The first-order chi connectivity index (χ1) is 9.24. The molecule has 1 nitrogen and oxygen atoms in total. The molecule has 0 saturated carbocycles. The molecule has 0 radical (unpaired) electrons. The molecule has 0 aliphatic heterocycles. The van der Waals surface area contributed by atoms with E-state index in [-0.39, 0.29) is 5.41 Å². The minimum Gasteiger partial charge on any atom is -0.316 e. The van der Waals surface area contributed by atoms with Gasteiger partial charge in [-0.3, -0.25) is 0 Å². The van der Waals surface area contributed by atoms with Gasteiger partial charge in [-0.1, -0.05) is 63.9 Å². The van der Waals surface area contributed by atoms with Crippen LogP contribution in [0.3, 0.4) is 0 Å². The van der Waals surface area contributed by atoms with Crippen molar-refractivity contribution in [2.45, 2.75) is 41.0 Å². The fourth-order valence-corrected chi connectivity index (χ4v) is 2.69. The van der Waals surface area contributed by atoms with Crippen LogP contribution in [0.1, 0.15) is 40.2 Å². The average Bonchev–Trinajstić information content (AvgIpc) is 2.32. The number of halogens is 2. The summed E-state index contributed by atoms with van der Waals surface area (Å²) in [5.74, 6) is 1.25. The van der Waals surface area contributed by atoms with Crippen LogP contribution in [0.25, 0.3) is 0 Å². The Kier molecular flexibility index (Phi) is 6.84. The largest absolute Gasteiger partial charge is 0.316 e. The van der Waals surface area contributed by atoms with E-state index in [2.05, 4.69) is 39.9 Å². The molecule has 0 aromatic heterocycles. The fraction of sp³-hybridized carbons (Fsp3) is 0.647. The van der Waals surface area contributed by atoms with Crippen LogP contribution in [0.15, 0.2) is 18.2 Å².